The van der Waals surface area contributed by atoms with Gasteiger partial charge in [0, 0.05) is 0 Å². The third kappa shape index (κ3) is 3.08. The summed E-state index contributed by atoms with van der Waals surface area (Å²) in [5, 5.41) is 76.6. The van der Waals surface area contributed by atoms with E-state index in [1.54, 1.807) is 0 Å². The first-order valence-corrected chi connectivity index (χ1v) is 6.20. The van der Waals surface area contributed by atoms with E-state index in [2.05, 4.69) is 0 Å². The Morgan fingerprint density at radius 1 is 1.14 bits per heavy atom. The topological polar surface area (TPSA) is 188 Å². The number of carbonyl (C=O) groups excluding carboxylic acids is 1. The number of ether oxygens (including phenoxy) is 1. The van der Waals surface area contributed by atoms with Gasteiger partial charge in [-0.15, -0.1) is 0 Å². The Labute approximate surface area is 119 Å². The molecule has 0 bridgehead atoms. The molecule has 1 heterocycles. The Hall–Kier alpha value is -0.690. The van der Waals surface area contributed by atoms with Gasteiger partial charge in [0.25, 0.3) is 0 Å². The van der Waals surface area contributed by atoms with Crippen molar-refractivity contribution in [3.63, 3.8) is 0 Å². The highest BCUT2D eigenvalue weighted by molar-refractivity contribution is 5.57. The van der Waals surface area contributed by atoms with Crippen molar-refractivity contribution in [2.45, 2.75) is 48.3 Å². The van der Waals surface area contributed by atoms with Gasteiger partial charge >= 0.3 is 0 Å². The summed E-state index contributed by atoms with van der Waals surface area (Å²) in [6, 6.07) is 0. The fraction of sp³-hybridized carbons (Fsp3) is 0.909. The summed E-state index contributed by atoms with van der Waals surface area (Å²) in [5.74, 6) is 0. The Balaban J connectivity index is 3.16. The van der Waals surface area contributed by atoms with Crippen molar-refractivity contribution in [2.24, 2.45) is 0 Å². The highest BCUT2D eigenvalue weighted by Gasteiger charge is 2.60. The molecule has 1 aliphatic rings. The number of hydrogen-bond acceptors (Lipinski definition) is 10. The molecule has 8 N–H and O–H groups in total. The molecule has 124 valence electrons. The fourth-order valence-corrected chi connectivity index (χ4v) is 2.33. The zero-order chi connectivity index (χ0) is 16.4. The molecule has 0 aliphatic carbocycles. The predicted octanol–water partition coefficient (Wildman–Crippen LogP) is -5.53. The number of rotatable bonds is 7. The zero-order valence-corrected chi connectivity index (χ0v) is 10.9. The first-order chi connectivity index (χ1) is 9.75. The van der Waals surface area contributed by atoms with Crippen LogP contribution in [0.15, 0.2) is 0 Å². The van der Waals surface area contributed by atoms with Crippen LogP contribution in [-0.4, -0.2) is 109 Å². The minimum atomic E-state index is -2.86. The van der Waals surface area contributed by atoms with Crippen LogP contribution in [0.5, 0.6) is 0 Å². The molecular formula is C11H20O10. The van der Waals surface area contributed by atoms with E-state index < -0.39 is 61.5 Å². The van der Waals surface area contributed by atoms with Crippen LogP contribution in [0, 0.1) is 0 Å². The molecular weight excluding hydrogens is 292 g/mol. The van der Waals surface area contributed by atoms with Gasteiger partial charge < -0.3 is 50.4 Å². The van der Waals surface area contributed by atoms with Gasteiger partial charge in [0.15, 0.2) is 6.29 Å². The third-order valence-corrected chi connectivity index (χ3v) is 3.64. The molecule has 0 aromatic carbocycles. The van der Waals surface area contributed by atoms with Crippen LogP contribution in [0.1, 0.15) is 0 Å². The molecule has 0 amide bonds. The zero-order valence-electron chi connectivity index (χ0n) is 10.9. The second-order valence-electron chi connectivity index (χ2n) is 4.92. The molecule has 10 heteroatoms. The van der Waals surface area contributed by atoms with E-state index in [1.807, 2.05) is 0 Å². The second kappa shape index (κ2) is 7.05. The van der Waals surface area contributed by atoms with Gasteiger partial charge in [0.2, 0.25) is 0 Å². The first kappa shape index (κ1) is 18.4. The van der Waals surface area contributed by atoms with E-state index in [0.29, 0.717) is 0 Å². The van der Waals surface area contributed by atoms with Crippen LogP contribution in [0.25, 0.3) is 0 Å². The molecule has 1 fully saturated rings. The molecule has 0 spiro atoms. The third-order valence-electron chi connectivity index (χ3n) is 3.64. The molecule has 1 rings (SSSR count). The van der Waals surface area contributed by atoms with Gasteiger partial charge in [0.05, 0.1) is 13.2 Å². The van der Waals surface area contributed by atoms with Gasteiger partial charge in [-0.1, -0.05) is 0 Å². The number of aliphatic hydroxyl groups excluding tert-OH is 7. The molecule has 1 saturated heterocycles. The maximum atomic E-state index is 10.5. The quantitative estimate of drug-likeness (QED) is 0.210. The SMILES string of the molecule is O=C[C@@H](O)[C@H](O)[C@](O)(C1O[C@@H](CO)[C@H](O)[C@@H]1O)[C@@H](O)CO. The highest BCUT2D eigenvalue weighted by Crippen LogP contribution is 2.34. The largest absolute Gasteiger partial charge is 0.394 e. The molecule has 0 aromatic heterocycles. The second-order valence-corrected chi connectivity index (χ2v) is 4.92. The molecule has 0 saturated carbocycles. The van der Waals surface area contributed by atoms with Gasteiger partial charge in [-0.25, -0.2) is 0 Å². The summed E-state index contributed by atoms with van der Waals surface area (Å²) >= 11 is 0. The summed E-state index contributed by atoms with van der Waals surface area (Å²) in [7, 11) is 0. The lowest BCUT2D eigenvalue weighted by Crippen LogP contribution is -2.67. The average molecular weight is 312 g/mol. The lowest BCUT2D eigenvalue weighted by atomic mass is 9.80. The Morgan fingerprint density at radius 2 is 1.71 bits per heavy atom. The number of hydrogen-bond donors (Lipinski definition) is 8. The molecule has 21 heavy (non-hydrogen) atoms. The molecule has 0 radical (unpaired) electrons. The Morgan fingerprint density at radius 3 is 2.10 bits per heavy atom. The van der Waals surface area contributed by atoms with Gasteiger partial charge in [-0.05, 0) is 0 Å². The van der Waals surface area contributed by atoms with E-state index in [4.69, 9.17) is 14.9 Å². The summed E-state index contributed by atoms with van der Waals surface area (Å²) in [6.07, 6.45) is -13.4. The lowest BCUT2D eigenvalue weighted by molar-refractivity contribution is -0.244. The van der Waals surface area contributed by atoms with E-state index >= 15 is 0 Å². The van der Waals surface area contributed by atoms with E-state index in [9.17, 15) is 35.4 Å². The maximum Gasteiger partial charge on any atom is 0.151 e. The van der Waals surface area contributed by atoms with Crippen molar-refractivity contribution < 1.29 is 50.4 Å². The predicted molar refractivity (Wildman–Crippen MR) is 63.9 cm³/mol. The van der Waals surface area contributed by atoms with E-state index in [1.165, 1.54) is 0 Å². The summed E-state index contributed by atoms with van der Waals surface area (Å²) in [4.78, 5) is 10.5. The van der Waals surface area contributed by atoms with Crippen LogP contribution in [0.2, 0.25) is 0 Å². The monoisotopic (exact) mass is 312 g/mol. The van der Waals surface area contributed by atoms with Crippen LogP contribution in [-0.2, 0) is 9.53 Å². The first-order valence-electron chi connectivity index (χ1n) is 6.20. The normalized spacial score (nSPS) is 36.8. The number of aliphatic hydroxyl groups is 8. The average Bonchev–Trinajstić information content (AvgIpc) is 2.79. The van der Waals surface area contributed by atoms with Gasteiger partial charge in [-0.3, -0.25) is 0 Å². The van der Waals surface area contributed by atoms with Crippen LogP contribution < -0.4 is 0 Å². The molecule has 10 nitrogen and oxygen atoms in total. The summed E-state index contributed by atoms with van der Waals surface area (Å²) < 4.78 is 4.98. The maximum absolute atomic E-state index is 10.5. The minimum Gasteiger partial charge on any atom is -0.394 e. The van der Waals surface area contributed by atoms with Crippen molar-refractivity contribution in [1.82, 2.24) is 0 Å². The smallest absolute Gasteiger partial charge is 0.151 e. The highest BCUT2D eigenvalue weighted by atomic mass is 16.6. The standard InChI is InChI=1S/C11H20O10/c12-1-4(15)9(19)11(20,6(16)3-14)10-8(18)7(17)5(2-13)21-10/h1,4-10,13-20H,2-3H2/t4-,5+,6+,7+,8+,9+,10?,11+/m1/s1. The van der Waals surface area contributed by atoms with Crippen molar-refractivity contribution >= 4 is 6.29 Å². The van der Waals surface area contributed by atoms with E-state index in [-0.39, 0.29) is 6.29 Å². The van der Waals surface area contributed by atoms with Crippen molar-refractivity contribution in [1.29, 1.82) is 0 Å². The van der Waals surface area contributed by atoms with Gasteiger partial charge in [0.1, 0.15) is 48.3 Å². The number of aldehydes is 1. The molecule has 0 aromatic rings. The van der Waals surface area contributed by atoms with Gasteiger partial charge in [-0.2, -0.15) is 0 Å². The molecule has 8 atom stereocenters. The van der Waals surface area contributed by atoms with Crippen LogP contribution in [0.3, 0.4) is 0 Å². The van der Waals surface area contributed by atoms with Crippen molar-refractivity contribution in [2.75, 3.05) is 13.2 Å². The summed E-state index contributed by atoms with van der Waals surface area (Å²) in [5.41, 5.74) is -2.86. The van der Waals surface area contributed by atoms with Crippen LogP contribution >= 0.6 is 0 Å². The number of carbonyl (C=O) groups is 1. The lowest BCUT2D eigenvalue weighted by Gasteiger charge is -2.42. The minimum absolute atomic E-state index is 0.124. The fourth-order valence-electron chi connectivity index (χ4n) is 2.33. The van der Waals surface area contributed by atoms with Crippen molar-refractivity contribution in [3.8, 4) is 0 Å². The Bertz CT molecular complexity index is 352. The van der Waals surface area contributed by atoms with Crippen molar-refractivity contribution in [3.05, 3.63) is 0 Å². The van der Waals surface area contributed by atoms with Crippen LogP contribution in [0.4, 0.5) is 0 Å². The Kier molecular flexibility index (Phi) is 6.16. The molecule has 1 unspecified atom stereocenters. The molecule has 1 aliphatic heterocycles. The van der Waals surface area contributed by atoms with E-state index in [0.717, 1.165) is 0 Å². The summed E-state index contributed by atoms with van der Waals surface area (Å²) in [6.45, 7) is -1.82.